The highest BCUT2D eigenvalue weighted by atomic mass is 16.5. The topological polar surface area (TPSA) is 75.0 Å². The van der Waals surface area contributed by atoms with E-state index in [1.807, 2.05) is 33.8 Å². The number of fused-ring (bicyclic) bond motifs is 1. The van der Waals surface area contributed by atoms with Gasteiger partial charge in [-0.3, -0.25) is 9.59 Å². The lowest BCUT2D eigenvalue weighted by Gasteiger charge is -2.13. The lowest BCUT2D eigenvalue weighted by molar-refractivity contribution is 0.0920. The van der Waals surface area contributed by atoms with E-state index >= 15 is 0 Å². The number of carbonyl (C=O) groups excluding carboxylic acids is 1. The van der Waals surface area contributed by atoms with Crippen LogP contribution in [0.4, 0.5) is 0 Å². The Morgan fingerprint density at radius 2 is 1.60 bits per heavy atom. The van der Waals surface area contributed by atoms with Crippen molar-refractivity contribution in [2.24, 2.45) is 0 Å². The van der Waals surface area contributed by atoms with E-state index in [4.69, 9.17) is 18.6 Å². The van der Waals surface area contributed by atoms with Gasteiger partial charge in [-0.1, -0.05) is 6.07 Å². The van der Waals surface area contributed by atoms with Crippen LogP contribution in [-0.4, -0.2) is 25.6 Å². The fraction of sp³-hybridized carbons (Fsp3) is 0.241. The number of carbonyl (C=O) groups is 1. The molecule has 0 aliphatic carbocycles. The Morgan fingerprint density at radius 1 is 0.943 bits per heavy atom. The van der Waals surface area contributed by atoms with Gasteiger partial charge in [0.1, 0.15) is 17.1 Å². The molecule has 6 nitrogen and oxygen atoms in total. The average Bonchev–Trinajstić information content (AvgIpc) is 2.84. The standard InChI is InChI=1S/C29H28O6/c1-17(2)34-23-12-6-20(7-13-23)25(30)16-33-29-26(31)24-15-18(3)14-19(4)27(24)35-28(29)21-8-10-22(32-5)11-9-21/h6-15,17H,16H2,1-5H3. The van der Waals surface area contributed by atoms with Gasteiger partial charge in [0.25, 0.3) is 0 Å². The Hall–Kier alpha value is -4.06. The van der Waals surface area contributed by atoms with Gasteiger partial charge in [-0.2, -0.15) is 0 Å². The van der Waals surface area contributed by atoms with Crippen LogP contribution in [0.3, 0.4) is 0 Å². The maximum Gasteiger partial charge on any atom is 0.235 e. The summed E-state index contributed by atoms with van der Waals surface area (Å²) in [7, 11) is 1.58. The second-order valence-electron chi connectivity index (χ2n) is 8.68. The minimum absolute atomic E-state index is 0.000720. The number of benzene rings is 3. The zero-order valence-electron chi connectivity index (χ0n) is 20.5. The van der Waals surface area contributed by atoms with Crippen LogP contribution in [0, 0.1) is 13.8 Å². The van der Waals surface area contributed by atoms with Crippen molar-refractivity contribution >= 4 is 16.8 Å². The van der Waals surface area contributed by atoms with Crippen molar-refractivity contribution in [3.63, 3.8) is 0 Å². The van der Waals surface area contributed by atoms with E-state index < -0.39 is 0 Å². The van der Waals surface area contributed by atoms with Crippen molar-refractivity contribution in [2.45, 2.75) is 33.8 Å². The molecular formula is C29H28O6. The second-order valence-corrected chi connectivity index (χ2v) is 8.68. The highest BCUT2D eigenvalue weighted by molar-refractivity contribution is 5.97. The van der Waals surface area contributed by atoms with Crippen LogP contribution in [0.25, 0.3) is 22.3 Å². The molecule has 1 heterocycles. The number of hydrogen-bond acceptors (Lipinski definition) is 6. The number of ketones is 1. The van der Waals surface area contributed by atoms with Crippen LogP contribution >= 0.6 is 0 Å². The lowest BCUT2D eigenvalue weighted by Crippen LogP contribution is -2.17. The maximum absolute atomic E-state index is 13.5. The first-order chi connectivity index (χ1) is 16.8. The Balaban J connectivity index is 1.71. The molecule has 0 fully saturated rings. The van der Waals surface area contributed by atoms with Crippen molar-refractivity contribution < 1.29 is 23.4 Å². The molecule has 1 aromatic heterocycles. The van der Waals surface area contributed by atoms with Gasteiger partial charge in [0.05, 0.1) is 18.6 Å². The molecule has 3 aromatic carbocycles. The van der Waals surface area contributed by atoms with E-state index in [0.717, 1.165) is 11.1 Å². The first kappa shape index (κ1) is 24.1. The van der Waals surface area contributed by atoms with Crippen LogP contribution in [0.15, 0.2) is 69.9 Å². The minimum Gasteiger partial charge on any atom is -0.497 e. The van der Waals surface area contributed by atoms with Gasteiger partial charge in [-0.05, 0) is 93.4 Å². The monoisotopic (exact) mass is 472 g/mol. The van der Waals surface area contributed by atoms with Crippen LogP contribution in [0.5, 0.6) is 17.2 Å². The van der Waals surface area contributed by atoms with E-state index in [1.165, 1.54) is 0 Å². The van der Waals surface area contributed by atoms with Crippen molar-refractivity contribution in [1.82, 2.24) is 0 Å². The SMILES string of the molecule is COc1ccc(-c2oc3c(C)cc(C)cc3c(=O)c2OCC(=O)c2ccc(OC(C)C)cc2)cc1. The molecule has 0 spiro atoms. The van der Waals surface area contributed by atoms with E-state index in [9.17, 15) is 9.59 Å². The number of ether oxygens (including phenoxy) is 3. The molecule has 4 rings (SSSR count). The normalized spacial score (nSPS) is 11.0. The van der Waals surface area contributed by atoms with E-state index in [1.54, 1.807) is 61.7 Å². The van der Waals surface area contributed by atoms with Crippen molar-refractivity contribution in [3.8, 4) is 28.6 Å². The summed E-state index contributed by atoms with van der Waals surface area (Å²) < 4.78 is 22.9. The number of hydrogen-bond donors (Lipinski definition) is 0. The Bertz CT molecular complexity index is 1410. The smallest absolute Gasteiger partial charge is 0.235 e. The zero-order chi connectivity index (χ0) is 25.1. The van der Waals surface area contributed by atoms with Gasteiger partial charge >= 0.3 is 0 Å². The highest BCUT2D eigenvalue weighted by Crippen LogP contribution is 2.33. The molecule has 0 N–H and O–H groups in total. The number of methoxy groups -OCH3 is 1. The maximum atomic E-state index is 13.5. The Labute approximate surface area is 204 Å². The molecule has 0 unspecified atom stereocenters. The third kappa shape index (κ3) is 5.22. The van der Waals surface area contributed by atoms with Crippen LogP contribution in [0.1, 0.15) is 35.3 Å². The summed E-state index contributed by atoms with van der Waals surface area (Å²) >= 11 is 0. The van der Waals surface area contributed by atoms with E-state index in [0.29, 0.717) is 33.6 Å². The molecule has 0 atom stereocenters. The lowest BCUT2D eigenvalue weighted by atomic mass is 10.1. The molecule has 35 heavy (non-hydrogen) atoms. The zero-order valence-corrected chi connectivity index (χ0v) is 20.5. The molecule has 180 valence electrons. The molecule has 6 heteroatoms. The number of aryl methyl sites for hydroxylation is 2. The van der Waals surface area contributed by atoms with E-state index in [-0.39, 0.29) is 35.4 Å². The van der Waals surface area contributed by atoms with Gasteiger partial charge in [0, 0.05) is 11.1 Å². The summed E-state index contributed by atoms with van der Waals surface area (Å²) in [6.07, 6.45) is 0.0377. The molecule has 4 aromatic rings. The summed E-state index contributed by atoms with van der Waals surface area (Å²) in [5.74, 6) is 1.36. The molecule has 0 saturated carbocycles. The second kappa shape index (κ2) is 10.1. The van der Waals surface area contributed by atoms with E-state index in [2.05, 4.69) is 0 Å². The predicted octanol–water partition coefficient (Wildman–Crippen LogP) is 6.13. The first-order valence-electron chi connectivity index (χ1n) is 11.4. The first-order valence-corrected chi connectivity index (χ1v) is 11.4. The average molecular weight is 473 g/mol. The van der Waals surface area contributed by atoms with Crippen molar-refractivity contribution in [3.05, 3.63) is 87.6 Å². The molecule has 0 bridgehead atoms. The molecule has 0 aliphatic rings. The fourth-order valence-corrected chi connectivity index (χ4v) is 3.91. The van der Waals surface area contributed by atoms with Crippen molar-refractivity contribution in [2.75, 3.05) is 13.7 Å². The molecule has 0 amide bonds. The number of Topliss-reactive ketones (excluding diaryl/α,β-unsaturated/α-hetero) is 1. The largest absolute Gasteiger partial charge is 0.497 e. The molecular weight excluding hydrogens is 444 g/mol. The summed E-state index contributed by atoms with van der Waals surface area (Å²) in [6.45, 7) is 7.37. The van der Waals surface area contributed by atoms with Crippen LogP contribution in [0.2, 0.25) is 0 Å². The summed E-state index contributed by atoms with van der Waals surface area (Å²) in [5, 5.41) is 0.414. The highest BCUT2D eigenvalue weighted by Gasteiger charge is 2.20. The Kier molecular flexibility index (Phi) is 6.92. The summed E-state index contributed by atoms with van der Waals surface area (Å²) in [6, 6.07) is 17.7. The van der Waals surface area contributed by atoms with Crippen LogP contribution < -0.4 is 19.6 Å². The quantitative estimate of drug-likeness (QED) is 0.287. The summed E-state index contributed by atoms with van der Waals surface area (Å²) in [4.78, 5) is 26.4. The fourth-order valence-electron chi connectivity index (χ4n) is 3.91. The Morgan fingerprint density at radius 3 is 2.23 bits per heavy atom. The third-order valence-corrected chi connectivity index (χ3v) is 5.53. The van der Waals surface area contributed by atoms with Gasteiger partial charge < -0.3 is 18.6 Å². The molecule has 0 radical (unpaired) electrons. The van der Waals surface area contributed by atoms with Gasteiger partial charge in [0.15, 0.2) is 18.2 Å². The van der Waals surface area contributed by atoms with Gasteiger partial charge in [-0.15, -0.1) is 0 Å². The van der Waals surface area contributed by atoms with Gasteiger partial charge in [-0.25, -0.2) is 0 Å². The minimum atomic E-state index is -0.322. The van der Waals surface area contributed by atoms with Crippen molar-refractivity contribution in [1.29, 1.82) is 0 Å². The van der Waals surface area contributed by atoms with Gasteiger partial charge in [0.2, 0.25) is 11.2 Å². The summed E-state index contributed by atoms with van der Waals surface area (Å²) in [5.41, 5.74) is 3.05. The molecule has 0 saturated heterocycles. The predicted molar refractivity (Wildman–Crippen MR) is 136 cm³/mol. The molecule has 0 aliphatic heterocycles. The van der Waals surface area contributed by atoms with Crippen LogP contribution in [-0.2, 0) is 0 Å². The third-order valence-electron chi connectivity index (χ3n) is 5.53. The number of rotatable bonds is 8.